The van der Waals surface area contributed by atoms with Crippen molar-refractivity contribution in [3.05, 3.63) is 52.6 Å². The van der Waals surface area contributed by atoms with E-state index in [2.05, 4.69) is 25.3 Å². The van der Waals surface area contributed by atoms with Crippen LogP contribution in [0.3, 0.4) is 0 Å². The number of aryl methyl sites for hydroxylation is 2. The van der Waals surface area contributed by atoms with Gasteiger partial charge in [0.25, 0.3) is 5.56 Å². The molecule has 0 spiro atoms. The van der Waals surface area contributed by atoms with Crippen LogP contribution in [0, 0.1) is 6.92 Å². The van der Waals surface area contributed by atoms with Crippen LogP contribution in [0.5, 0.6) is 0 Å². The molecule has 0 atom stereocenters. The number of carbonyl (C=O) groups excluding carboxylic acids is 1. The maximum atomic E-state index is 12.7. The Morgan fingerprint density at radius 3 is 2.67 bits per heavy atom. The van der Waals surface area contributed by atoms with Crippen molar-refractivity contribution in [1.29, 1.82) is 0 Å². The van der Waals surface area contributed by atoms with Crippen LogP contribution in [0.4, 0.5) is 17.2 Å². The number of Topliss-reactive ketones (excluding diaryl/α,β-unsaturated/α-hetero) is 1. The van der Waals surface area contributed by atoms with E-state index in [0.717, 1.165) is 5.56 Å². The summed E-state index contributed by atoms with van der Waals surface area (Å²) in [7, 11) is 1.60. The molecule has 0 aromatic carbocycles. The minimum Gasteiger partial charge on any atom is -0.384 e. The maximum absolute atomic E-state index is 12.7. The molecule has 0 aliphatic carbocycles. The lowest BCUT2D eigenvalue weighted by atomic mass is 10.1. The van der Waals surface area contributed by atoms with Crippen LogP contribution in [0.15, 0.2) is 35.8 Å². The maximum Gasteiger partial charge on any atom is 0.277 e. The molecule has 0 saturated carbocycles. The molecule has 3 rings (SSSR count). The van der Waals surface area contributed by atoms with Gasteiger partial charge in [-0.15, -0.1) is 0 Å². The van der Waals surface area contributed by atoms with Gasteiger partial charge in [0.05, 0.1) is 23.9 Å². The van der Waals surface area contributed by atoms with Gasteiger partial charge in [0, 0.05) is 19.5 Å². The second kappa shape index (κ2) is 7.32. The minimum atomic E-state index is -0.287. The zero-order valence-electron chi connectivity index (χ0n) is 15.2. The van der Waals surface area contributed by atoms with Gasteiger partial charge >= 0.3 is 0 Å². The zero-order valence-corrected chi connectivity index (χ0v) is 15.2. The fourth-order valence-electron chi connectivity index (χ4n) is 2.50. The number of hydrogen-bond donors (Lipinski definition) is 2. The van der Waals surface area contributed by atoms with Crippen molar-refractivity contribution < 1.29 is 4.79 Å². The molecule has 0 radical (unpaired) electrons. The van der Waals surface area contributed by atoms with Crippen LogP contribution >= 0.6 is 0 Å². The molecule has 9 nitrogen and oxygen atoms in total. The van der Waals surface area contributed by atoms with E-state index in [1.54, 1.807) is 26.1 Å². The second-order valence-corrected chi connectivity index (χ2v) is 6.00. The monoisotopic (exact) mass is 365 g/mol. The molecule has 3 aromatic heterocycles. The van der Waals surface area contributed by atoms with Gasteiger partial charge in [-0.3, -0.25) is 14.6 Å². The third-order valence-electron chi connectivity index (χ3n) is 4.04. The first-order valence-electron chi connectivity index (χ1n) is 8.31. The highest BCUT2D eigenvalue weighted by molar-refractivity contribution is 5.94. The Hall–Kier alpha value is -3.62. The van der Waals surface area contributed by atoms with Gasteiger partial charge in [0.2, 0.25) is 0 Å². The highest BCUT2D eigenvalue weighted by Crippen LogP contribution is 2.26. The van der Waals surface area contributed by atoms with Crippen molar-refractivity contribution in [2.75, 3.05) is 11.1 Å². The molecule has 0 fully saturated rings. The second-order valence-electron chi connectivity index (χ2n) is 6.00. The van der Waals surface area contributed by atoms with Crippen molar-refractivity contribution in [2.24, 2.45) is 7.05 Å². The highest BCUT2D eigenvalue weighted by atomic mass is 16.1. The Bertz CT molecular complexity index is 1080. The predicted octanol–water partition coefficient (Wildman–Crippen LogP) is 1.86. The highest BCUT2D eigenvalue weighted by Gasteiger charge is 2.16. The van der Waals surface area contributed by atoms with Crippen LogP contribution in [-0.4, -0.2) is 30.3 Å². The van der Waals surface area contributed by atoms with E-state index in [9.17, 15) is 9.59 Å². The molecule has 27 heavy (non-hydrogen) atoms. The summed E-state index contributed by atoms with van der Waals surface area (Å²) in [5, 5.41) is 3.08. The molecule has 0 unspecified atom stereocenters. The van der Waals surface area contributed by atoms with E-state index in [1.807, 2.05) is 6.92 Å². The molecule has 0 saturated heterocycles. The fourth-order valence-corrected chi connectivity index (χ4v) is 2.50. The SMILES string of the molecule is CCC(=O)c1cc(C)c(Nc2c(-c3cc(N)ncn3)ncn(C)c2=O)cn1. The molecule has 3 heterocycles. The molecule has 3 N–H and O–H groups in total. The van der Waals surface area contributed by atoms with Gasteiger partial charge in [0.1, 0.15) is 29.2 Å². The van der Waals surface area contributed by atoms with E-state index < -0.39 is 0 Å². The normalized spacial score (nSPS) is 10.6. The molecule has 138 valence electrons. The first kappa shape index (κ1) is 18.2. The summed E-state index contributed by atoms with van der Waals surface area (Å²) >= 11 is 0. The number of pyridine rings is 1. The number of rotatable bonds is 5. The fraction of sp³-hybridized carbons (Fsp3) is 0.222. The van der Waals surface area contributed by atoms with Crippen LogP contribution < -0.4 is 16.6 Å². The number of nitrogens with zero attached hydrogens (tertiary/aromatic N) is 5. The summed E-state index contributed by atoms with van der Waals surface area (Å²) in [5.41, 5.74) is 8.21. The number of nitrogens with one attached hydrogen (secondary N) is 1. The summed E-state index contributed by atoms with van der Waals surface area (Å²) in [6, 6.07) is 3.23. The lowest BCUT2D eigenvalue weighted by Crippen LogP contribution is -2.22. The van der Waals surface area contributed by atoms with E-state index in [0.29, 0.717) is 29.2 Å². The number of nitrogens with two attached hydrogens (primary N) is 1. The first-order valence-corrected chi connectivity index (χ1v) is 8.31. The summed E-state index contributed by atoms with van der Waals surface area (Å²) in [6.45, 7) is 3.62. The molecule has 9 heteroatoms. The summed E-state index contributed by atoms with van der Waals surface area (Å²) in [4.78, 5) is 41.0. The van der Waals surface area contributed by atoms with Gasteiger partial charge < -0.3 is 15.6 Å². The van der Waals surface area contributed by atoms with E-state index in [4.69, 9.17) is 5.73 Å². The number of carbonyl (C=O) groups is 1. The quantitative estimate of drug-likeness (QED) is 0.656. The third-order valence-corrected chi connectivity index (χ3v) is 4.04. The first-order chi connectivity index (χ1) is 12.9. The van der Waals surface area contributed by atoms with Gasteiger partial charge in [-0.1, -0.05) is 6.92 Å². The molecule has 3 aromatic rings. The van der Waals surface area contributed by atoms with Crippen LogP contribution in [0.2, 0.25) is 0 Å². The van der Waals surface area contributed by atoms with Crippen molar-refractivity contribution >= 4 is 23.0 Å². The molecular weight excluding hydrogens is 346 g/mol. The minimum absolute atomic E-state index is 0.0425. The Balaban J connectivity index is 2.08. The molecule has 0 bridgehead atoms. The standard InChI is InChI=1S/C18H19N7O2/c1-4-14(26)11-5-10(2)13(7-20-11)24-17-16(23-9-25(3)18(17)27)12-6-15(19)22-8-21-12/h5-9,24H,4H2,1-3H3,(H2,19,21,22). The van der Waals surface area contributed by atoms with Gasteiger partial charge in [-0.2, -0.15) is 0 Å². The average molecular weight is 365 g/mol. The van der Waals surface area contributed by atoms with Crippen molar-refractivity contribution in [3.8, 4) is 11.4 Å². The van der Waals surface area contributed by atoms with Crippen molar-refractivity contribution in [2.45, 2.75) is 20.3 Å². The third kappa shape index (κ3) is 3.66. The summed E-state index contributed by atoms with van der Waals surface area (Å²) in [6.07, 6.45) is 4.63. The number of ketones is 1. The zero-order chi connectivity index (χ0) is 19.6. The summed E-state index contributed by atoms with van der Waals surface area (Å²) < 4.78 is 1.36. The predicted molar refractivity (Wildman–Crippen MR) is 102 cm³/mol. The topological polar surface area (TPSA) is 129 Å². The largest absolute Gasteiger partial charge is 0.384 e. The Morgan fingerprint density at radius 2 is 2.00 bits per heavy atom. The number of aromatic nitrogens is 5. The van der Waals surface area contributed by atoms with E-state index in [-0.39, 0.29) is 22.8 Å². The van der Waals surface area contributed by atoms with Crippen LogP contribution in [-0.2, 0) is 7.05 Å². The van der Waals surface area contributed by atoms with Crippen LogP contribution in [0.1, 0.15) is 29.4 Å². The lowest BCUT2D eigenvalue weighted by Gasteiger charge is -2.13. The smallest absolute Gasteiger partial charge is 0.277 e. The molecule has 0 aliphatic rings. The number of nitrogen functional groups attached to an aromatic ring is 1. The number of hydrogen-bond acceptors (Lipinski definition) is 8. The lowest BCUT2D eigenvalue weighted by molar-refractivity contribution is 0.0983. The molecular formula is C18H19N7O2. The summed E-state index contributed by atoms with van der Waals surface area (Å²) in [5.74, 6) is 0.229. The van der Waals surface area contributed by atoms with Crippen LogP contribution in [0.25, 0.3) is 11.4 Å². The average Bonchev–Trinajstić information content (AvgIpc) is 2.66. The van der Waals surface area contributed by atoms with Gasteiger partial charge in [0.15, 0.2) is 5.78 Å². The molecule has 0 aliphatic heterocycles. The van der Waals surface area contributed by atoms with Gasteiger partial charge in [-0.25, -0.2) is 15.0 Å². The number of anilines is 3. The Labute approximate surface area is 155 Å². The van der Waals surface area contributed by atoms with Crippen molar-refractivity contribution in [3.63, 3.8) is 0 Å². The molecule has 0 amide bonds. The van der Waals surface area contributed by atoms with E-state index >= 15 is 0 Å². The van der Waals surface area contributed by atoms with Gasteiger partial charge in [-0.05, 0) is 18.6 Å². The Kier molecular flexibility index (Phi) is 4.93. The Morgan fingerprint density at radius 1 is 1.22 bits per heavy atom. The van der Waals surface area contributed by atoms with Crippen molar-refractivity contribution in [1.82, 2.24) is 24.5 Å². The van der Waals surface area contributed by atoms with E-state index in [1.165, 1.54) is 23.4 Å².